The summed E-state index contributed by atoms with van der Waals surface area (Å²) in [4.78, 5) is 38.9. The van der Waals surface area contributed by atoms with E-state index in [2.05, 4.69) is 20.9 Å². The molecule has 0 aromatic heterocycles. The zero-order valence-corrected chi connectivity index (χ0v) is 22.1. The molecule has 0 bridgehead atoms. The smallest absolute Gasteiger partial charge is 0.323 e. The highest BCUT2D eigenvalue weighted by Crippen LogP contribution is 2.40. The van der Waals surface area contributed by atoms with Gasteiger partial charge in [0.15, 0.2) is 5.78 Å². The van der Waals surface area contributed by atoms with Gasteiger partial charge in [-0.25, -0.2) is 4.79 Å². The normalized spacial score (nSPS) is 16.0. The number of carboxylic acid groups (broad SMARTS) is 1. The molecule has 1 aliphatic heterocycles. The lowest BCUT2D eigenvalue weighted by molar-refractivity contribution is -0.137. The van der Waals surface area contributed by atoms with E-state index < -0.39 is 11.5 Å². The number of para-hydroxylation sites is 1. The first kappa shape index (κ1) is 28.1. The topological polar surface area (TPSA) is 120 Å². The molecule has 1 saturated heterocycles. The number of hydrogen-bond donors (Lipinski definition) is 4. The van der Waals surface area contributed by atoms with E-state index in [1.807, 2.05) is 43.3 Å². The number of Topliss-reactive ketones (excluding diaryl/α,β-unsaturated/α-hetero) is 1. The second kappa shape index (κ2) is 12.7. The van der Waals surface area contributed by atoms with Crippen molar-refractivity contribution >= 4 is 29.2 Å². The highest BCUT2D eigenvalue weighted by Gasteiger charge is 2.45. The number of likely N-dealkylation sites (tertiary alicyclic amines) is 1. The van der Waals surface area contributed by atoms with Crippen molar-refractivity contribution in [3.8, 4) is 5.75 Å². The number of carbonyl (C=O) groups is 3. The summed E-state index contributed by atoms with van der Waals surface area (Å²) < 4.78 is 5.61. The van der Waals surface area contributed by atoms with Crippen molar-refractivity contribution < 1.29 is 24.2 Å². The summed E-state index contributed by atoms with van der Waals surface area (Å²) >= 11 is 0. The maximum Gasteiger partial charge on any atom is 0.323 e. The SMILES string of the molecule is CNC(C(C)=O)(c1ccc(NC(=O)Nc2ccccc2C)c(OC)c1)C1CCN(CCCC(=O)O)CC1. The highest BCUT2D eigenvalue weighted by atomic mass is 16.5. The Balaban J connectivity index is 1.77. The summed E-state index contributed by atoms with van der Waals surface area (Å²) in [7, 11) is 3.34. The average Bonchev–Trinajstić information content (AvgIpc) is 2.87. The molecule has 9 heteroatoms. The van der Waals surface area contributed by atoms with Crippen LogP contribution in [0.25, 0.3) is 0 Å². The lowest BCUT2D eigenvalue weighted by Crippen LogP contribution is -2.55. The second-order valence-electron chi connectivity index (χ2n) is 9.54. The molecule has 1 heterocycles. The van der Waals surface area contributed by atoms with Crippen molar-refractivity contribution in [1.29, 1.82) is 0 Å². The molecule has 0 aliphatic carbocycles. The standard InChI is InChI=1S/C28H38N4O5/c1-19-8-5-6-9-23(19)30-27(36)31-24-12-11-22(18-25(24)37-4)28(29-3,20(2)33)21-13-16-32(17-14-21)15-7-10-26(34)35/h5-6,8-9,11-12,18,21,29H,7,10,13-17H2,1-4H3,(H,34,35)(H2,30,31,36). The van der Waals surface area contributed by atoms with Gasteiger partial charge in [0.1, 0.15) is 11.3 Å². The Labute approximate surface area is 218 Å². The van der Waals surface area contributed by atoms with Crippen molar-refractivity contribution in [3.05, 3.63) is 53.6 Å². The number of amides is 2. The molecule has 4 N–H and O–H groups in total. The fraction of sp³-hybridized carbons (Fsp3) is 0.464. The third-order valence-corrected chi connectivity index (χ3v) is 7.31. The van der Waals surface area contributed by atoms with Crippen LogP contribution in [-0.4, -0.2) is 61.6 Å². The Morgan fingerprint density at radius 1 is 1.08 bits per heavy atom. The number of nitrogens with one attached hydrogen (secondary N) is 3. The first-order valence-corrected chi connectivity index (χ1v) is 12.7. The van der Waals surface area contributed by atoms with Gasteiger partial charge in [-0.3, -0.25) is 9.59 Å². The predicted octanol–water partition coefficient (Wildman–Crippen LogP) is 4.23. The number of urea groups is 1. The van der Waals surface area contributed by atoms with E-state index in [-0.39, 0.29) is 24.2 Å². The number of benzene rings is 2. The van der Waals surface area contributed by atoms with Crippen LogP contribution in [0.2, 0.25) is 0 Å². The molecule has 1 unspecified atom stereocenters. The Bertz CT molecular complexity index is 1110. The number of likely N-dealkylation sites (N-methyl/N-ethyl adjacent to an activating group) is 1. The quantitative estimate of drug-likeness (QED) is 0.357. The molecular formula is C28H38N4O5. The molecule has 37 heavy (non-hydrogen) atoms. The number of carbonyl (C=O) groups excluding carboxylic acids is 2. The molecule has 0 radical (unpaired) electrons. The summed E-state index contributed by atoms with van der Waals surface area (Å²) in [6, 6.07) is 12.6. The highest BCUT2D eigenvalue weighted by molar-refractivity contribution is 6.01. The van der Waals surface area contributed by atoms with Crippen LogP contribution < -0.4 is 20.7 Å². The van der Waals surface area contributed by atoms with Crippen molar-refractivity contribution in [2.75, 3.05) is 44.4 Å². The number of rotatable bonds is 11. The summed E-state index contributed by atoms with van der Waals surface area (Å²) in [5.74, 6) is -0.248. The molecular weight excluding hydrogens is 472 g/mol. The van der Waals surface area contributed by atoms with E-state index in [1.165, 1.54) is 7.11 Å². The van der Waals surface area contributed by atoms with Gasteiger partial charge >= 0.3 is 12.0 Å². The van der Waals surface area contributed by atoms with Crippen LogP contribution in [0, 0.1) is 12.8 Å². The molecule has 9 nitrogen and oxygen atoms in total. The number of methoxy groups -OCH3 is 1. The van der Waals surface area contributed by atoms with Crippen LogP contribution in [0.5, 0.6) is 5.75 Å². The maximum atomic E-state index is 13.2. The van der Waals surface area contributed by atoms with Crippen LogP contribution in [0.3, 0.4) is 0 Å². The molecule has 0 spiro atoms. The maximum absolute atomic E-state index is 13.2. The number of ether oxygens (including phenoxy) is 1. The minimum Gasteiger partial charge on any atom is -0.495 e. The number of carboxylic acids is 1. The molecule has 200 valence electrons. The van der Waals surface area contributed by atoms with E-state index in [4.69, 9.17) is 9.84 Å². The van der Waals surface area contributed by atoms with Crippen LogP contribution in [0.4, 0.5) is 16.2 Å². The lowest BCUT2D eigenvalue weighted by atomic mass is 9.71. The molecule has 1 fully saturated rings. The van der Waals surface area contributed by atoms with Crippen molar-refractivity contribution in [3.63, 3.8) is 0 Å². The number of piperidine rings is 1. The van der Waals surface area contributed by atoms with Crippen LogP contribution in [0.15, 0.2) is 42.5 Å². The number of ketones is 1. The van der Waals surface area contributed by atoms with Gasteiger partial charge in [-0.15, -0.1) is 0 Å². The molecule has 3 rings (SSSR count). The number of nitrogens with zero attached hydrogens (tertiary/aromatic N) is 1. The van der Waals surface area contributed by atoms with Gasteiger partial charge in [0.2, 0.25) is 0 Å². The van der Waals surface area contributed by atoms with E-state index in [9.17, 15) is 14.4 Å². The lowest BCUT2D eigenvalue weighted by Gasteiger charge is -2.44. The zero-order valence-electron chi connectivity index (χ0n) is 22.1. The summed E-state index contributed by atoms with van der Waals surface area (Å²) in [6.45, 7) is 5.87. The van der Waals surface area contributed by atoms with Gasteiger partial charge in [-0.2, -0.15) is 0 Å². The summed E-state index contributed by atoms with van der Waals surface area (Å²) in [5.41, 5.74) is 2.05. The van der Waals surface area contributed by atoms with Gasteiger partial charge in [0.05, 0.1) is 12.8 Å². The molecule has 1 atom stereocenters. The largest absolute Gasteiger partial charge is 0.495 e. The number of aryl methyl sites for hydroxylation is 1. The van der Waals surface area contributed by atoms with Crippen molar-refractivity contribution in [2.24, 2.45) is 5.92 Å². The van der Waals surface area contributed by atoms with Gasteiger partial charge in [0.25, 0.3) is 0 Å². The van der Waals surface area contributed by atoms with E-state index in [0.29, 0.717) is 17.9 Å². The van der Waals surface area contributed by atoms with E-state index in [0.717, 1.165) is 49.3 Å². The summed E-state index contributed by atoms with van der Waals surface area (Å²) in [5, 5.41) is 17.9. The molecule has 2 aromatic rings. The number of aliphatic carboxylic acids is 1. The third-order valence-electron chi connectivity index (χ3n) is 7.31. The molecule has 0 saturated carbocycles. The fourth-order valence-electron chi connectivity index (χ4n) is 5.32. The Morgan fingerprint density at radius 2 is 1.76 bits per heavy atom. The monoisotopic (exact) mass is 510 g/mol. The van der Waals surface area contributed by atoms with Gasteiger partial charge in [-0.1, -0.05) is 24.3 Å². The van der Waals surface area contributed by atoms with E-state index >= 15 is 0 Å². The zero-order chi connectivity index (χ0) is 27.0. The first-order chi connectivity index (χ1) is 17.7. The van der Waals surface area contributed by atoms with Crippen LogP contribution in [-0.2, 0) is 15.1 Å². The van der Waals surface area contributed by atoms with Gasteiger partial charge < -0.3 is 30.7 Å². The van der Waals surface area contributed by atoms with Crippen molar-refractivity contribution in [2.45, 2.75) is 45.1 Å². The molecule has 1 aliphatic rings. The second-order valence-corrected chi connectivity index (χ2v) is 9.54. The van der Waals surface area contributed by atoms with Crippen LogP contribution >= 0.6 is 0 Å². The predicted molar refractivity (Wildman–Crippen MR) is 144 cm³/mol. The fourth-order valence-corrected chi connectivity index (χ4v) is 5.32. The van der Waals surface area contributed by atoms with Gasteiger partial charge in [-0.05, 0) is 95.0 Å². The molecule has 2 aromatic carbocycles. The Hall–Kier alpha value is -3.43. The minimum absolute atomic E-state index is 0.0133. The van der Waals surface area contributed by atoms with Crippen molar-refractivity contribution in [1.82, 2.24) is 10.2 Å². The third kappa shape index (κ3) is 6.67. The number of hydrogen-bond acceptors (Lipinski definition) is 6. The Morgan fingerprint density at radius 3 is 2.35 bits per heavy atom. The minimum atomic E-state index is -0.900. The Kier molecular flexibility index (Phi) is 9.66. The molecule has 2 amide bonds. The summed E-state index contributed by atoms with van der Waals surface area (Å²) in [6.07, 6.45) is 2.38. The average molecular weight is 511 g/mol. The van der Waals surface area contributed by atoms with Crippen LogP contribution in [0.1, 0.15) is 43.7 Å². The first-order valence-electron chi connectivity index (χ1n) is 12.7. The van der Waals surface area contributed by atoms with Gasteiger partial charge in [0, 0.05) is 12.1 Å². The number of anilines is 2. The van der Waals surface area contributed by atoms with E-state index in [1.54, 1.807) is 20.0 Å².